The lowest BCUT2D eigenvalue weighted by molar-refractivity contribution is 0.0263. The second-order valence-electron chi connectivity index (χ2n) is 4.38. The van der Waals surface area contributed by atoms with Gasteiger partial charge in [-0.1, -0.05) is 40.5 Å². The fourth-order valence-corrected chi connectivity index (χ4v) is 2.77. The van der Waals surface area contributed by atoms with Crippen LogP contribution in [-0.4, -0.2) is 49.1 Å². The third kappa shape index (κ3) is 4.06. The molecule has 0 aromatic carbocycles. The van der Waals surface area contributed by atoms with Crippen LogP contribution in [0.15, 0.2) is 0 Å². The van der Waals surface area contributed by atoms with Crippen molar-refractivity contribution >= 4 is 0 Å². The Morgan fingerprint density at radius 1 is 0.688 bits per heavy atom. The summed E-state index contributed by atoms with van der Waals surface area (Å²) in [6, 6.07) is 1.72. The number of nitrogens with zero attached hydrogens (tertiary/aromatic N) is 2. The van der Waals surface area contributed by atoms with Gasteiger partial charge in [0, 0.05) is 25.2 Å². The minimum Gasteiger partial charge on any atom is -0.301 e. The van der Waals surface area contributed by atoms with Crippen LogP contribution in [0.5, 0.6) is 0 Å². The van der Waals surface area contributed by atoms with Crippen LogP contribution >= 0.6 is 0 Å². The van der Waals surface area contributed by atoms with Gasteiger partial charge in [-0.15, -0.1) is 0 Å². The number of hydrogen-bond donors (Lipinski definition) is 0. The zero-order valence-electron chi connectivity index (χ0n) is 12.3. The minimum absolute atomic E-state index is 0.859. The van der Waals surface area contributed by atoms with Gasteiger partial charge in [-0.25, -0.2) is 0 Å². The van der Waals surface area contributed by atoms with Crippen LogP contribution in [-0.2, 0) is 0 Å². The molecule has 2 rings (SSSR count). The highest BCUT2D eigenvalue weighted by atomic mass is 15.3. The molecule has 98 valence electrons. The molecule has 2 aliphatic rings. The van der Waals surface area contributed by atoms with E-state index in [4.69, 9.17) is 0 Å². The van der Waals surface area contributed by atoms with Crippen LogP contribution in [0.4, 0.5) is 0 Å². The van der Waals surface area contributed by atoms with Gasteiger partial charge >= 0.3 is 0 Å². The summed E-state index contributed by atoms with van der Waals surface area (Å²) >= 11 is 0. The molecule has 2 nitrogen and oxygen atoms in total. The molecule has 1 saturated carbocycles. The van der Waals surface area contributed by atoms with E-state index >= 15 is 0 Å². The molecule has 1 heterocycles. The minimum atomic E-state index is 0.859. The Morgan fingerprint density at radius 3 is 1.31 bits per heavy atom. The average molecular weight is 228 g/mol. The van der Waals surface area contributed by atoms with Crippen LogP contribution in [0.25, 0.3) is 0 Å². The van der Waals surface area contributed by atoms with E-state index in [1.165, 1.54) is 38.8 Å². The predicted octanol–water partition coefficient (Wildman–Crippen LogP) is 3.23. The fourth-order valence-electron chi connectivity index (χ4n) is 2.77. The van der Waals surface area contributed by atoms with Gasteiger partial charge in [0.15, 0.2) is 0 Å². The Bertz CT molecular complexity index is 141. The lowest BCUT2D eigenvalue weighted by Gasteiger charge is -2.47. The molecule has 0 N–H and O–H groups in total. The van der Waals surface area contributed by atoms with E-state index < -0.39 is 0 Å². The van der Waals surface area contributed by atoms with Crippen molar-refractivity contribution in [1.82, 2.24) is 9.80 Å². The summed E-state index contributed by atoms with van der Waals surface area (Å²) in [6.45, 7) is 10.5. The van der Waals surface area contributed by atoms with Gasteiger partial charge in [-0.05, 0) is 26.9 Å². The molecule has 1 aliphatic carbocycles. The molecule has 0 spiro atoms. The second kappa shape index (κ2) is 9.00. The van der Waals surface area contributed by atoms with E-state index in [-0.39, 0.29) is 0 Å². The quantitative estimate of drug-likeness (QED) is 0.628. The fraction of sp³-hybridized carbons (Fsp3) is 1.00. The molecule has 2 unspecified atom stereocenters. The Labute approximate surface area is 103 Å². The number of hydrogen-bond acceptors (Lipinski definition) is 2. The summed E-state index contributed by atoms with van der Waals surface area (Å²) in [7, 11) is 4.58. The maximum absolute atomic E-state index is 2.56. The molecule has 0 bridgehead atoms. The summed E-state index contributed by atoms with van der Waals surface area (Å²) in [5, 5.41) is 0. The van der Waals surface area contributed by atoms with E-state index in [1.807, 2.05) is 27.7 Å². The van der Waals surface area contributed by atoms with Crippen molar-refractivity contribution in [2.45, 2.75) is 65.5 Å². The molecule has 2 atom stereocenters. The first-order chi connectivity index (χ1) is 7.79. The lowest BCUT2D eigenvalue weighted by Crippen LogP contribution is -2.57. The standard InChI is InChI=1S/C10H20N2.2C2H6/c1-11-7-8-12(2)10-6-4-3-5-9(10)11;2*1-2/h9-10H,3-8H2,1-2H3;2*1-2H3. The number of likely N-dealkylation sites (N-methyl/N-ethyl adjacent to an activating group) is 2. The van der Waals surface area contributed by atoms with Gasteiger partial charge in [-0.2, -0.15) is 0 Å². The average Bonchev–Trinajstić information content (AvgIpc) is 2.39. The zero-order valence-corrected chi connectivity index (χ0v) is 12.3. The summed E-state index contributed by atoms with van der Waals surface area (Å²) in [5.74, 6) is 0. The SMILES string of the molecule is CC.CC.CN1CCN(C)C2CCCCC21. The number of rotatable bonds is 0. The zero-order chi connectivity index (χ0) is 12.6. The Hall–Kier alpha value is -0.0800. The third-order valence-electron chi connectivity index (χ3n) is 3.63. The maximum atomic E-state index is 2.56. The van der Waals surface area contributed by atoms with Crippen molar-refractivity contribution in [2.75, 3.05) is 27.2 Å². The molecule has 1 aliphatic heterocycles. The van der Waals surface area contributed by atoms with Gasteiger partial charge in [0.1, 0.15) is 0 Å². The Morgan fingerprint density at radius 2 is 1.00 bits per heavy atom. The van der Waals surface area contributed by atoms with E-state index in [1.54, 1.807) is 0 Å². The third-order valence-corrected chi connectivity index (χ3v) is 3.63. The molecule has 0 aromatic rings. The van der Waals surface area contributed by atoms with Crippen LogP contribution in [0, 0.1) is 0 Å². The molecule has 16 heavy (non-hydrogen) atoms. The summed E-state index contributed by atoms with van der Waals surface area (Å²) in [6.07, 6.45) is 5.73. The molecule has 0 aromatic heterocycles. The topological polar surface area (TPSA) is 6.48 Å². The normalized spacial score (nSPS) is 30.4. The van der Waals surface area contributed by atoms with Gasteiger partial charge < -0.3 is 9.80 Å². The maximum Gasteiger partial charge on any atom is 0.0248 e. The van der Waals surface area contributed by atoms with Gasteiger partial charge in [0.25, 0.3) is 0 Å². The van der Waals surface area contributed by atoms with E-state index in [0.29, 0.717) is 0 Å². The van der Waals surface area contributed by atoms with Gasteiger partial charge in [0.2, 0.25) is 0 Å². The highest BCUT2D eigenvalue weighted by molar-refractivity contribution is 4.91. The van der Waals surface area contributed by atoms with Crippen molar-refractivity contribution in [3.8, 4) is 0 Å². The van der Waals surface area contributed by atoms with Crippen molar-refractivity contribution in [1.29, 1.82) is 0 Å². The smallest absolute Gasteiger partial charge is 0.0248 e. The molecule has 0 radical (unpaired) electrons. The number of fused-ring (bicyclic) bond motifs is 1. The molecule has 1 saturated heterocycles. The molecule has 0 amide bonds. The first kappa shape index (κ1) is 15.9. The lowest BCUT2D eigenvalue weighted by atomic mass is 9.87. The van der Waals surface area contributed by atoms with Crippen LogP contribution < -0.4 is 0 Å². The van der Waals surface area contributed by atoms with Crippen molar-refractivity contribution < 1.29 is 0 Å². The summed E-state index contributed by atoms with van der Waals surface area (Å²) in [5.41, 5.74) is 0. The second-order valence-corrected chi connectivity index (χ2v) is 4.38. The van der Waals surface area contributed by atoms with Gasteiger partial charge in [-0.3, -0.25) is 0 Å². The highest BCUT2D eigenvalue weighted by Crippen LogP contribution is 2.28. The van der Waals surface area contributed by atoms with E-state index in [9.17, 15) is 0 Å². The largest absolute Gasteiger partial charge is 0.301 e. The summed E-state index contributed by atoms with van der Waals surface area (Å²) < 4.78 is 0. The number of piperazine rings is 1. The first-order valence-electron chi connectivity index (χ1n) is 7.19. The van der Waals surface area contributed by atoms with Crippen molar-refractivity contribution in [3.05, 3.63) is 0 Å². The van der Waals surface area contributed by atoms with Crippen LogP contribution in [0.1, 0.15) is 53.4 Å². The van der Waals surface area contributed by atoms with Crippen LogP contribution in [0.3, 0.4) is 0 Å². The predicted molar refractivity (Wildman–Crippen MR) is 74.0 cm³/mol. The monoisotopic (exact) mass is 228 g/mol. The van der Waals surface area contributed by atoms with Crippen LogP contribution in [0.2, 0.25) is 0 Å². The Balaban J connectivity index is 0.000000509. The highest BCUT2D eigenvalue weighted by Gasteiger charge is 2.34. The summed E-state index contributed by atoms with van der Waals surface area (Å²) in [4.78, 5) is 5.12. The first-order valence-corrected chi connectivity index (χ1v) is 7.19. The van der Waals surface area contributed by atoms with Crippen molar-refractivity contribution in [2.24, 2.45) is 0 Å². The van der Waals surface area contributed by atoms with Crippen molar-refractivity contribution in [3.63, 3.8) is 0 Å². The van der Waals surface area contributed by atoms with Gasteiger partial charge in [0.05, 0.1) is 0 Å². The molecule has 2 heteroatoms. The molecular formula is C14H32N2. The van der Waals surface area contributed by atoms with E-state index in [0.717, 1.165) is 12.1 Å². The van der Waals surface area contributed by atoms with E-state index in [2.05, 4.69) is 23.9 Å². The Kier molecular flexibility index (Phi) is 8.96. The molecule has 2 fully saturated rings. The molecular weight excluding hydrogens is 196 g/mol.